The van der Waals surface area contributed by atoms with E-state index in [-0.39, 0.29) is 0 Å². The molecule has 0 amide bonds. The maximum atomic E-state index is 4.51. The molecule has 0 atom stereocenters. The molecule has 25 heavy (non-hydrogen) atoms. The highest BCUT2D eigenvalue weighted by Gasteiger charge is 2.04. The number of aliphatic imine (C=N–C) groups is 1. The number of thioether (sulfide) groups is 1. The number of unbranched alkanes of at least 4 members (excludes halogenated alkanes) is 1. The van der Waals surface area contributed by atoms with Crippen molar-refractivity contribution in [1.29, 1.82) is 0 Å². The van der Waals surface area contributed by atoms with Gasteiger partial charge in [0, 0.05) is 36.1 Å². The number of aryl methyl sites for hydroxylation is 3. The lowest BCUT2D eigenvalue weighted by Crippen LogP contribution is -2.37. The highest BCUT2D eigenvalue weighted by molar-refractivity contribution is 7.98. The molecule has 1 aromatic carbocycles. The van der Waals surface area contributed by atoms with Crippen LogP contribution >= 0.6 is 23.1 Å². The van der Waals surface area contributed by atoms with E-state index in [4.69, 9.17) is 0 Å². The van der Waals surface area contributed by atoms with Gasteiger partial charge in [0.1, 0.15) is 0 Å². The zero-order chi connectivity index (χ0) is 18.1. The van der Waals surface area contributed by atoms with Crippen LogP contribution in [0, 0.1) is 13.8 Å². The average molecular weight is 377 g/mol. The number of benzene rings is 1. The number of hydrogen-bond acceptors (Lipinski definition) is 4. The third-order valence-electron chi connectivity index (χ3n) is 3.89. The van der Waals surface area contributed by atoms with Crippen LogP contribution in [0.5, 0.6) is 0 Å². The maximum Gasteiger partial charge on any atom is 0.191 e. The molecule has 1 aromatic heterocycles. The number of rotatable bonds is 8. The number of aromatic nitrogens is 1. The van der Waals surface area contributed by atoms with Gasteiger partial charge in [-0.1, -0.05) is 12.1 Å². The lowest BCUT2D eigenvalue weighted by molar-refractivity contribution is 0.691. The fourth-order valence-electron chi connectivity index (χ4n) is 2.52. The molecule has 6 heteroatoms. The lowest BCUT2D eigenvalue weighted by atomic mass is 10.1. The van der Waals surface area contributed by atoms with Crippen molar-refractivity contribution in [1.82, 2.24) is 15.6 Å². The molecule has 0 aliphatic heterocycles. The summed E-state index contributed by atoms with van der Waals surface area (Å²) in [5.74, 6) is 0.859. The minimum Gasteiger partial charge on any atom is -0.356 e. The van der Waals surface area contributed by atoms with Gasteiger partial charge in [-0.2, -0.15) is 0 Å². The molecule has 0 spiro atoms. The minimum atomic E-state index is 0.786. The summed E-state index contributed by atoms with van der Waals surface area (Å²) in [5.41, 5.74) is 3.73. The topological polar surface area (TPSA) is 49.3 Å². The summed E-state index contributed by atoms with van der Waals surface area (Å²) in [7, 11) is 1.82. The molecule has 0 bridgehead atoms. The lowest BCUT2D eigenvalue weighted by Gasteiger charge is -2.14. The predicted octanol–water partition coefficient (Wildman–Crippen LogP) is 4.17. The van der Waals surface area contributed by atoms with Gasteiger partial charge in [0.25, 0.3) is 0 Å². The molecule has 2 N–H and O–H groups in total. The first-order valence-corrected chi connectivity index (χ1v) is 10.7. The van der Waals surface area contributed by atoms with E-state index in [1.807, 2.05) is 14.0 Å². The first-order valence-electron chi connectivity index (χ1n) is 8.61. The van der Waals surface area contributed by atoms with Crippen LogP contribution < -0.4 is 10.6 Å². The van der Waals surface area contributed by atoms with Gasteiger partial charge in [0.05, 0.1) is 5.01 Å². The van der Waals surface area contributed by atoms with E-state index in [1.54, 1.807) is 23.1 Å². The summed E-state index contributed by atoms with van der Waals surface area (Å²) in [6, 6.07) is 6.59. The SMILES string of the molecule is CN=C(NCCCCc1nc(C)cs1)NCc1ccc(C)cc1SC. The number of guanidine groups is 1. The van der Waals surface area contributed by atoms with Gasteiger partial charge < -0.3 is 10.6 Å². The highest BCUT2D eigenvalue weighted by atomic mass is 32.2. The Labute approximate surface area is 159 Å². The second kappa shape index (κ2) is 10.5. The van der Waals surface area contributed by atoms with Crippen molar-refractivity contribution in [2.45, 2.75) is 44.6 Å². The van der Waals surface area contributed by atoms with Crippen molar-refractivity contribution >= 4 is 29.1 Å². The molecular formula is C19H28N4S2. The molecule has 0 aliphatic carbocycles. The predicted molar refractivity (Wildman–Crippen MR) is 111 cm³/mol. The van der Waals surface area contributed by atoms with Gasteiger partial charge in [-0.05, 0) is 56.6 Å². The van der Waals surface area contributed by atoms with Crippen LogP contribution in [0.1, 0.15) is 34.7 Å². The van der Waals surface area contributed by atoms with Crippen LogP contribution in [-0.4, -0.2) is 30.8 Å². The van der Waals surface area contributed by atoms with E-state index in [1.165, 1.54) is 21.0 Å². The zero-order valence-corrected chi connectivity index (χ0v) is 17.2. The minimum absolute atomic E-state index is 0.786. The van der Waals surface area contributed by atoms with Crippen molar-refractivity contribution in [3.8, 4) is 0 Å². The Kier molecular flexibility index (Phi) is 8.28. The fourth-order valence-corrected chi connectivity index (χ4v) is 4.05. The van der Waals surface area contributed by atoms with E-state index >= 15 is 0 Å². The molecule has 0 saturated carbocycles. The normalized spacial score (nSPS) is 11.6. The summed E-state index contributed by atoms with van der Waals surface area (Å²) < 4.78 is 0. The molecule has 0 aliphatic rings. The van der Waals surface area contributed by atoms with E-state index in [0.717, 1.165) is 44.0 Å². The Morgan fingerprint density at radius 3 is 2.76 bits per heavy atom. The average Bonchev–Trinajstić information content (AvgIpc) is 3.03. The quantitative estimate of drug-likeness (QED) is 0.314. The van der Waals surface area contributed by atoms with E-state index < -0.39 is 0 Å². The van der Waals surface area contributed by atoms with Crippen molar-refractivity contribution in [3.05, 3.63) is 45.4 Å². The molecule has 0 unspecified atom stereocenters. The molecule has 2 rings (SSSR count). The number of nitrogens with one attached hydrogen (secondary N) is 2. The van der Waals surface area contributed by atoms with Crippen LogP contribution in [0.2, 0.25) is 0 Å². The summed E-state index contributed by atoms with van der Waals surface area (Å²) in [5, 5.41) is 10.2. The zero-order valence-electron chi connectivity index (χ0n) is 15.6. The van der Waals surface area contributed by atoms with Crippen molar-refractivity contribution < 1.29 is 0 Å². The Bertz CT molecular complexity index is 694. The van der Waals surface area contributed by atoms with Gasteiger partial charge in [-0.25, -0.2) is 4.98 Å². The van der Waals surface area contributed by atoms with Crippen molar-refractivity contribution in [3.63, 3.8) is 0 Å². The van der Waals surface area contributed by atoms with Crippen LogP contribution in [0.4, 0.5) is 0 Å². The van der Waals surface area contributed by atoms with Crippen molar-refractivity contribution in [2.75, 3.05) is 19.8 Å². The van der Waals surface area contributed by atoms with Gasteiger partial charge in [-0.15, -0.1) is 23.1 Å². The Hall–Kier alpha value is -1.53. The molecule has 2 aromatic rings. The smallest absolute Gasteiger partial charge is 0.191 e. The van der Waals surface area contributed by atoms with Gasteiger partial charge in [-0.3, -0.25) is 4.99 Å². The first-order chi connectivity index (χ1) is 12.1. The number of hydrogen-bond donors (Lipinski definition) is 2. The van der Waals surface area contributed by atoms with Gasteiger partial charge >= 0.3 is 0 Å². The molecule has 136 valence electrons. The van der Waals surface area contributed by atoms with E-state index in [9.17, 15) is 0 Å². The van der Waals surface area contributed by atoms with Gasteiger partial charge in [0.2, 0.25) is 0 Å². The van der Waals surface area contributed by atoms with E-state index in [2.05, 4.69) is 57.4 Å². The van der Waals surface area contributed by atoms with Crippen LogP contribution in [0.25, 0.3) is 0 Å². The Balaban J connectivity index is 1.70. The third kappa shape index (κ3) is 6.71. The largest absolute Gasteiger partial charge is 0.356 e. The van der Waals surface area contributed by atoms with Crippen LogP contribution in [0.3, 0.4) is 0 Å². The van der Waals surface area contributed by atoms with Crippen LogP contribution in [-0.2, 0) is 13.0 Å². The molecule has 4 nitrogen and oxygen atoms in total. The summed E-state index contributed by atoms with van der Waals surface area (Å²) in [6.07, 6.45) is 5.44. The standard InChI is InChI=1S/C19H28N4S2/c1-14-8-9-16(17(11-14)24-4)12-22-19(20-3)21-10-6-5-7-18-23-15(2)13-25-18/h8-9,11,13H,5-7,10,12H2,1-4H3,(H2,20,21,22). The number of nitrogens with zero attached hydrogens (tertiary/aromatic N) is 2. The second-order valence-electron chi connectivity index (χ2n) is 6.01. The molecular weight excluding hydrogens is 348 g/mol. The van der Waals surface area contributed by atoms with Crippen molar-refractivity contribution in [2.24, 2.45) is 4.99 Å². The Morgan fingerprint density at radius 1 is 1.24 bits per heavy atom. The van der Waals surface area contributed by atoms with Gasteiger partial charge in [0.15, 0.2) is 5.96 Å². The van der Waals surface area contributed by atoms with Crippen LogP contribution in [0.15, 0.2) is 33.5 Å². The summed E-state index contributed by atoms with van der Waals surface area (Å²) >= 11 is 3.55. The highest BCUT2D eigenvalue weighted by Crippen LogP contribution is 2.21. The second-order valence-corrected chi connectivity index (χ2v) is 7.80. The monoisotopic (exact) mass is 376 g/mol. The molecule has 1 heterocycles. The van der Waals surface area contributed by atoms with E-state index in [0.29, 0.717) is 0 Å². The Morgan fingerprint density at radius 2 is 2.08 bits per heavy atom. The molecule has 0 saturated heterocycles. The molecule has 0 radical (unpaired) electrons. The summed E-state index contributed by atoms with van der Waals surface area (Å²) in [6.45, 7) is 5.89. The maximum absolute atomic E-state index is 4.51. The summed E-state index contributed by atoms with van der Waals surface area (Å²) in [4.78, 5) is 10.1. The number of thiazole rings is 1. The fraction of sp³-hybridized carbons (Fsp3) is 0.474. The first kappa shape index (κ1) is 19.8. The molecule has 0 fully saturated rings. The third-order valence-corrected chi connectivity index (χ3v) is 5.74.